The van der Waals surface area contributed by atoms with E-state index >= 15 is 0 Å². The maximum Gasteiger partial charge on any atom is 0.228 e. The Morgan fingerprint density at radius 3 is 2.95 bits per heavy atom. The number of aromatic nitrogens is 2. The Bertz CT molecular complexity index is 522. The highest BCUT2D eigenvalue weighted by Crippen LogP contribution is 2.10. The lowest BCUT2D eigenvalue weighted by Crippen LogP contribution is -2.27. The fourth-order valence-corrected chi connectivity index (χ4v) is 2.13. The molecule has 4 heteroatoms. The van der Waals surface area contributed by atoms with Gasteiger partial charge in [0.25, 0.3) is 0 Å². The van der Waals surface area contributed by atoms with Gasteiger partial charge in [-0.15, -0.1) is 0 Å². The summed E-state index contributed by atoms with van der Waals surface area (Å²) >= 11 is 0. The molecular weight excluding hydrogens is 238 g/mol. The second-order valence-electron chi connectivity index (χ2n) is 4.93. The molecule has 0 bridgehead atoms. The number of benzene rings is 1. The predicted octanol–water partition coefficient (Wildman–Crippen LogP) is 2.51. The zero-order chi connectivity index (χ0) is 13.7. The Labute approximate surface area is 114 Å². The van der Waals surface area contributed by atoms with Crippen LogP contribution in [0, 0.1) is 6.92 Å². The molecule has 2 rings (SSSR count). The zero-order valence-electron chi connectivity index (χ0n) is 11.8. The molecule has 0 spiro atoms. The van der Waals surface area contributed by atoms with Crippen LogP contribution in [-0.2, 0) is 12.8 Å². The van der Waals surface area contributed by atoms with Crippen molar-refractivity contribution in [2.24, 2.45) is 0 Å². The van der Waals surface area contributed by atoms with Crippen molar-refractivity contribution in [3.63, 3.8) is 0 Å². The molecule has 1 unspecified atom stereocenters. The monoisotopic (exact) mass is 259 g/mol. The van der Waals surface area contributed by atoms with Crippen LogP contribution in [0.25, 0.3) is 0 Å². The molecule has 0 aliphatic heterocycles. The molecule has 1 aromatic carbocycles. The number of hydrogen-bond donors (Lipinski definition) is 1. The molecule has 2 aromatic rings. The van der Waals surface area contributed by atoms with Crippen LogP contribution in [0.1, 0.15) is 36.7 Å². The average molecular weight is 259 g/mol. The molecule has 19 heavy (non-hydrogen) atoms. The van der Waals surface area contributed by atoms with Crippen LogP contribution in [0.2, 0.25) is 0 Å². The van der Waals surface area contributed by atoms with E-state index in [1.807, 2.05) is 0 Å². The summed E-state index contributed by atoms with van der Waals surface area (Å²) in [5, 5.41) is 7.37. The molecule has 0 amide bonds. The third-order valence-electron chi connectivity index (χ3n) is 2.99. The van der Waals surface area contributed by atoms with Gasteiger partial charge in [0.1, 0.15) is 0 Å². The molecule has 0 saturated carbocycles. The van der Waals surface area contributed by atoms with Gasteiger partial charge in [-0.05, 0) is 26.0 Å². The maximum absolute atomic E-state index is 5.28. The minimum absolute atomic E-state index is 0.359. The van der Waals surface area contributed by atoms with E-state index in [4.69, 9.17) is 4.52 Å². The fraction of sp³-hybridized carbons (Fsp3) is 0.467. The van der Waals surface area contributed by atoms with E-state index in [0.717, 1.165) is 25.2 Å². The Morgan fingerprint density at radius 1 is 1.37 bits per heavy atom. The van der Waals surface area contributed by atoms with Gasteiger partial charge in [0.2, 0.25) is 5.89 Å². The van der Waals surface area contributed by atoms with Crippen LogP contribution in [-0.4, -0.2) is 22.7 Å². The Balaban J connectivity index is 1.97. The summed E-state index contributed by atoms with van der Waals surface area (Å²) in [6.45, 7) is 7.25. The molecule has 0 fully saturated rings. The van der Waals surface area contributed by atoms with Gasteiger partial charge in [-0.1, -0.05) is 41.9 Å². The second-order valence-corrected chi connectivity index (χ2v) is 4.93. The summed E-state index contributed by atoms with van der Waals surface area (Å²) in [6.07, 6.45) is 1.50. The number of nitrogens with zero attached hydrogens (tertiary/aromatic N) is 2. The first kappa shape index (κ1) is 13.7. The molecule has 0 aliphatic carbocycles. The molecule has 1 heterocycles. The van der Waals surface area contributed by atoms with Crippen LogP contribution in [0.4, 0.5) is 0 Å². The van der Waals surface area contributed by atoms with E-state index in [1.165, 1.54) is 11.1 Å². The molecule has 0 radical (unpaired) electrons. The largest absolute Gasteiger partial charge is 0.339 e. The number of rotatable bonds is 6. The van der Waals surface area contributed by atoms with Crippen molar-refractivity contribution >= 4 is 0 Å². The first-order valence-electron chi connectivity index (χ1n) is 6.77. The molecule has 102 valence electrons. The maximum atomic E-state index is 5.28. The number of nitrogens with one attached hydrogen (secondary N) is 1. The van der Waals surface area contributed by atoms with E-state index < -0.39 is 0 Å². The van der Waals surface area contributed by atoms with Crippen molar-refractivity contribution in [3.8, 4) is 0 Å². The van der Waals surface area contributed by atoms with E-state index in [1.54, 1.807) is 0 Å². The summed E-state index contributed by atoms with van der Waals surface area (Å²) < 4.78 is 5.28. The van der Waals surface area contributed by atoms with E-state index in [9.17, 15) is 0 Å². The second kappa shape index (κ2) is 6.48. The van der Waals surface area contributed by atoms with Crippen molar-refractivity contribution < 1.29 is 4.52 Å². The normalized spacial score (nSPS) is 12.6. The van der Waals surface area contributed by atoms with E-state index in [0.29, 0.717) is 11.9 Å². The van der Waals surface area contributed by atoms with Gasteiger partial charge in [0, 0.05) is 18.9 Å². The van der Waals surface area contributed by atoms with Gasteiger partial charge in [-0.2, -0.15) is 4.98 Å². The van der Waals surface area contributed by atoms with Crippen molar-refractivity contribution in [1.82, 2.24) is 15.5 Å². The van der Waals surface area contributed by atoms with Gasteiger partial charge in [0.05, 0.1) is 0 Å². The van der Waals surface area contributed by atoms with Gasteiger partial charge in [-0.3, -0.25) is 0 Å². The van der Waals surface area contributed by atoms with Gasteiger partial charge < -0.3 is 9.84 Å². The number of likely N-dealkylation sites (N-methyl/N-ethyl adjacent to an activating group) is 1. The van der Waals surface area contributed by atoms with E-state index in [2.05, 4.69) is 60.5 Å². The quantitative estimate of drug-likeness (QED) is 0.866. The summed E-state index contributed by atoms with van der Waals surface area (Å²) in [4.78, 5) is 4.44. The molecule has 0 saturated heterocycles. The summed E-state index contributed by atoms with van der Waals surface area (Å²) in [6, 6.07) is 8.74. The third-order valence-corrected chi connectivity index (χ3v) is 2.99. The van der Waals surface area contributed by atoms with Crippen LogP contribution in [0.5, 0.6) is 0 Å². The number of aryl methyl sites for hydroxylation is 1. The first-order valence-corrected chi connectivity index (χ1v) is 6.77. The zero-order valence-corrected chi connectivity index (χ0v) is 11.8. The fourth-order valence-electron chi connectivity index (χ4n) is 2.13. The predicted molar refractivity (Wildman–Crippen MR) is 75.1 cm³/mol. The van der Waals surface area contributed by atoms with Crippen LogP contribution in [0.15, 0.2) is 28.8 Å². The molecule has 4 nitrogen and oxygen atoms in total. The lowest BCUT2D eigenvalue weighted by atomic mass is 10.1. The number of hydrogen-bond acceptors (Lipinski definition) is 4. The summed E-state index contributed by atoms with van der Waals surface area (Å²) in [5.41, 5.74) is 2.47. The molecule has 1 atom stereocenters. The molecule has 0 aliphatic rings. The highest BCUT2D eigenvalue weighted by Gasteiger charge is 2.10. The van der Waals surface area contributed by atoms with Gasteiger partial charge >= 0.3 is 0 Å². The molecule has 1 N–H and O–H groups in total. The van der Waals surface area contributed by atoms with Crippen molar-refractivity contribution in [2.75, 3.05) is 6.54 Å². The Kier molecular flexibility index (Phi) is 4.68. The summed E-state index contributed by atoms with van der Waals surface area (Å²) in [7, 11) is 0. The SMILES string of the molecule is CCNC(C)Cc1nc(Cc2cccc(C)c2)no1. The lowest BCUT2D eigenvalue weighted by molar-refractivity contribution is 0.359. The molecular formula is C15H21N3O. The topological polar surface area (TPSA) is 51.0 Å². The third kappa shape index (κ3) is 4.17. The van der Waals surface area contributed by atoms with Gasteiger partial charge in [-0.25, -0.2) is 0 Å². The van der Waals surface area contributed by atoms with Crippen LogP contribution in [0.3, 0.4) is 0 Å². The standard InChI is InChI=1S/C15H21N3O/c1-4-16-12(3)9-15-17-14(18-19-15)10-13-7-5-6-11(2)8-13/h5-8,12,16H,4,9-10H2,1-3H3. The van der Waals surface area contributed by atoms with Crippen molar-refractivity contribution in [2.45, 2.75) is 39.7 Å². The Morgan fingerprint density at radius 2 is 2.21 bits per heavy atom. The Hall–Kier alpha value is -1.68. The van der Waals surface area contributed by atoms with Crippen LogP contribution >= 0.6 is 0 Å². The highest BCUT2D eigenvalue weighted by atomic mass is 16.5. The average Bonchev–Trinajstić information content (AvgIpc) is 2.76. The minimum atomic E-state index is 0.359. The lowest BCUT2D eigenvalue weighted by Gasteiger charge is -2.07. The summed E-state index contributed by atoms with van der Waals surface area (Å²) in [5.74, 6) is 1.46. The first-order chi connectivity index (χ1) is 9.17. The minimum Gasteiger partial charge on any atom is -0.339 e. The van der Waals surface area contributed by atoms with Gasteiger partial charge in [0.15, 0.2) is 5.82 Å². The van der Waals surface area contributed by atoms with Crippen LogP contribution < -0.4 is 5.32 Å². The molecule has 1 aromatic heterocycles. The van der Waals surface area contributed by atoms with Crippen molar-refractivity contribution in [1.29, 1.82) is 0 Å². The van der Waals surface area contributed by atoms with E-state index in [-0.39, 0.29) is 0 Å². The van der Waals surface area contributed by atoms with Crippen molar-refractivity contribution in [3.05, 3.63) is 47.1 Å². The highest BCUT2D eigenvalue weighted by molar-refractivity contribution is 5.24. The smallest absolute Gasteiger partial charge is 0.228 e.